The van der Waals surface area contributed by atoms with Crippen molar-refractivity contribution in [2.24, 2.45) is 5.92 Å². The largest absolute Gasteiger partial charge is 0.507 e. The standard InChI is InChI=1S/C25H35N4O10P/c1-3-5-6-7-17(19(4-2)29(35)15-30)23(32)26-13-27-25(34)22-11-10-21(39-22)16-8-9-18(20(31)12-16)24(33)28-14-40(36,37)38/h8-12,15,17,19,31,35H,3-7,13-14H2,1-2H3,(H,26,32)(H,27,34)(H,28,33)(H2,36,37,38)/t17?,19-/m1/s1. The average Bonchev–Trinajstić information content (AvgIpc) is 3.41. The Morgan fingerprint density at radius 1 is 1.05 bits per heavy atom. The molecule has 220 valence electrons. The second-order valence-corrected chi connectivity index (χ2v) is 10.7. The Morgan fingerprint density at radius 3 is 2.38 bits per heavy atom. The van der Waals surface area contributed by atoms with Crippen LogP contribution in [0.2, 0.25) is 0 Å². The number of amides is 4. The molecule has 0 saturated heterocycles. The molecule has 14 nitrogen and oxygen atoms in total. The highest BCUT2D eigenvalue weighted by Crippen LogP contribution is 2.33. The monoisotopic (exact) mass is 582 g/mol. The quantitative estimate of drug-likeness (QED) is 0.0382. The normalized spacial score (nSPS) is 12.7. The summed E-state index contributed by atoms with van der Waals surface area (Å²) >= 11 is 0. The minimum absolute atomic E-state index is 0.0966. The van der Waals surface area contributed by atoms with Crippen molar-refractivity contribution in [2.75, 3.05) is 13.0 Å². The van der Waals surface area contributed by atoms with E-state index in [1.54, 1.807) is 6.92 Å². The predicted octanol–water partition coefficient (Wildman–Crippen LogP) is 2.14. The van der Waals surface area contributed by atoms with Crippen LogP contribution in [0.4, 0.5) is 0 Å². The SMILES string of the molecule is CCCCCC(C(=O)NCNC(=O)c1ccc(-c2ccc(C(=O)NCP(=O)(O)O)c(O)c2)o1)[C@@H](CC)N(O)C=O. The Kier molecular flexibility index (Phi) is 12.3. The Bertz CT molecular complexity index is 1230. The molecule has 7 N–H and O–H groups in total. The number of benzene rings is 1. The molecular weight excluding hydrogens is 547 g/mol. The van der Waals surface area contributed by atoms with Gasteiger partial charge in [-0.15, -0.1) is 0 Å². The lowest BCUT2D eigenvalue weighted by atomic mass is 9.90. The van der Waals surface area contributed by atoms with Gasteiger partial charge in [-0.25, -0.2) is 5.06 Å². The molecule has 0 saturated carbocycles. The van der Waals surface area contributed by atoms with Gasteiger partial charge in [0.15, 0.2) is 5.76 Å². The van der Waals surface area contributed by atoms with E-state index in [9.17, 15) is 34.1 Å². The van der Waals surface area contributed by atoms with Gasteiger partial charge in [-0.2, -0.15) is 0 Å². The van der Waals surface area contributed by atoms with E-state index in [0.717, 1.165) is 19.3 Å². The third kappa shape index (κ3) is 9.49. The second-order valence-electron chi connectivity index (χ2n) is 9.01. The minimum atomic E-state index is -4.47. The first kappa shape index (κ1) is 32.5. The van der Waals surface area contributed by atoms with Gasteiger partial charge in [0.25, 0.3) is 11.8 Å². The Labute approximate surface area is 230 Å². The molecule has 4 amide bonds. The van der Waals surface area contributed by atoms with E-state index in [2.05, 4.69) is 10.6 Å². The van der Waals surface area contributed by atoms with Crippen LogP contribution in [0.3, 0.4) is 0 Å². The summed E-state index contributed by atoms with van der Waals surface area (Å²) in [6, 6.07) is 5.96. The number of aromatic hydroxyl groups is 1. The van der Waals surface area contributed by atoms with Crippen LogP contribution in [0.5, 0.6) is 5.75 Å². The molecule has 15 heteroatoms. The van der Waals surface area contributed by atoms with Crippen molar-refractivity contribution in [2.45, 2.75) is 52.0 Å². The molecule has 0 spiro atoms. The van der Waals surface area contributed by atoms with Gasteiger partial charge in [0.2, 0.25) is 12.3 Å². The number of phenolic OH excluding ortho intramolecular Hbond substituents is 1. The molecule has 0 aliphatic heterocycles. The molecule has 1 aromatic heterocycles. The van der Waals surface area contributed by atoms with E-state index in [-0.39, 0.29) is 30.2 Å². The number of hydrogen-bond donors (Lipinski definition) is 7. The number of rotatable bonds is 16. The lowest BCUT2D eigenvalue weighted by Crippen LogP contribution is -2.47. The maximum atomic E-state index is 12.8. The van der Waals surface area contributed by atoms with Gasteiger partial charge in [-0.05, 0) is 37.1 Å². The van der Waals surface area contributed by atoms with Crippen molar-refractivity contribution < 1.29 is 48.3 Å². The van der Waals surface area contributed by atoms with E-state index in [4.69, 9.17) is 14.2 Å². The molecule has 1 aromatic carbocycles. The molecule has 0 aliphatic rings. The predicted molar refractivity (Wildman–Crippen MR) is 142 cm³/mol. The van der Waals surface area contributed by atoms with Crippen molar-refractivity contribution in [3.63, 3.8) is 0 Å². The molecule has 0 aliphatic carbocycles. The molecule has 2 atom stereocenters. The molecular formula is C25H35N4O10P. The zero-order valence-electron chi connectivity index (χ0n) is 22.2. The second kappa shape index (κ2) is 15.2. The average molecular weight is 583 g/mol. The molecule has 0 bridgehead atoms. The van der Waals surface area contributed by atoms with Crippen LogP contribution in [0.15, 0.2) is 34.7 Å². The van der Waals surface area contributed by atoms with Gasteiger partial charge in [-0.1, -0.05) is 39.2 Å². The highest BCUT2D eigenvalue weighted by Gasteiger charge is 2.30. The molecule has 40 heavy (non-hydrogen) atoms. The van der Waals surface area contributed by atoms with Crippen molar-refractivity contribution in [3.05, 3.63) is 41.7 Å². The zero-order valence-corrected chi connectivity index (χ0v) is 23.1. The summed E-state index contributed by atoms with van der Waals surface area (Å²) in [5, 5.41) is 27.7. The summed E-state index contributed by atoms with van der Waals surface area (Å²) in [7, 11) is -4.47. The van der Waals surface area contributed by atoms with E-state index < -0.39 is 49.3 Å². The van der Waals surface area contributed by atoms with Crippen LogP contribution in [-0.2, 0) is 14.2 Å². The van der Waals surface area contributed by atoms with Crippen molar-refractivity contribution in [1.82, 2.24) is 21.0 Å². The third-order valence-corrected chi connectivity index (χ3v) is 6.67. The zero-order chi connectivity index (χ0) is 29.9. The van der Waals surface area contributed by atoms with Crippen LogP contribution in [0, 0.1) is 5.92 Å². The summed E-state index contributed by atoms with van der Waals surface area (Å²) in [6.45, 7) is 3.53. The van der Waals surface area contributed by atoms with E-state index in [1.807, 2.05) is 12.2 Å². The Hall–Kier alpha value is -3.71. The number of nitrogens with zero attached hydrogens (tertiary/aromatic N) is 1. The van der Waals surface area contributed by atoms with Crippen LogP contribution in [-0.4, -0.2) is 68.3 Å². The Morgan fingerprint density at radius 2 is 1.77 bits per heavy atom. The van der Waals surface area contributed by atoms with Gasteiger partial charge in [0, 0.05) is 5.56 Å². The van der Waals surface area contributed by atoms with Gasteiger partial charge in [0.1, 0.15) is 17.8 Å². The first-order valence-electron chi connectivity index (χ1n) is 12.7. The molecule has 1 heterocycles. The third-order valence-electron chi connectivity index (χ3n) is 6.10. The van der Waals surface area contributed by atoms with E-state index >= 15 is 0 Å². The topological polar surface area (TPSA) is 219 Å². The van der Waals surface area contributed by atoms with Gasteiger partial charge in [0.05, 0.1) is 24.2 Å². The summed E-state index contributed by atoms with van der Waals surface area (Å²) in [6.07, 6.45) is 2.73. The lowest BCUT2D eigenvalue weighted by molar-refractivity contribution is -0.168. The summed E-state index contributed by atoms with van der Waals surface area (Å²) in [5.74, 6) is -3.01. The number of hydrogen-bond acceptors (Lipinski definition) is 8. The van der Waals surface area contributed by atoms with Gasteiger partial charge >= 0.3 is 7.60 Å². The lowest BCUT2D eigenvalue weighted by Gasteiger charge is -2.29. The fraction of sp³-hybridized carbons (Fsp3) is 0.440. The first-order chi connectivity index (χ1) is 18.9. The number of hydroxylamine groups is 2. The fourth-order valence-electron chi connectivity index (χ4n) is 4.04. The number of phenols is 1. The fourth-order valence-corrected chi connectivity index (χ4v) is 4.39. The van der Waals surface area contributed by atoms with E-state index in [0.29, 0.717) is 23.5 Å². The van der Waals surface area contributed by atoms with Gasteiger partial charge in [-0.3, -0.25) is 29.0 Å². The van der Waals surface area contributed by atoms with Gasteiger partial charge < -0.3 is 35.3 Å². The van der Waals surface area contributed by atoms with Crippen molar-refractivity contribution in [3.8, 4) is 17.1 Å². The number of furan rings is 1. The molecule has 2 aromatic rings. The van der Waals surface area contributed by atoms with Crippen molar-refractivity contribution in [1.29, 1.82) is 0 Å². The maximum Gasteiger partial charge on any atom is 0.344 e. The summed E-state index contributed by atoms with van der Waals surface area (Å²) in [5.41, 5.74) is 0.105. The Balaban J connectivity index is 2.00. The minimum Gasteiger partial charge on any atom is -0.507 e. The summed E-state index contributed by atoms with van der Waals surface area (Å²) in [4.78, 5) is 66.3. The number of carbonyl (C=O) groups excluding carboxylic acids is 4. The summed E-state index contributed by atoms with van der Waals surface area (Å²) < 4.78 is 16.5. The van der Waals surface area contributed by atoms with E-state index in [1.165, 1.54) is 30.3 Å². The molecule has 1 unspecified atom stereocenters. The van der Waals surface area contributed by atoms with Crippen LogP contribution in [0.25, 0.3) is 11.3 Å². The molecule has 2 rings (SSSR count). The smallest absolute Gasteiger partial charge is 0.344 e. The highest BCUT2D eigenvalue weighted by atomic mass is 31.2. The highest BCUT2D eigenvalue weighted by molar-refractivity contribution is 7.51. The molecule has 0 fully saturated rings. The number of unbranched alkanes of at least 4 members (excludes halogenated alkanes) is 2. The van der Waals surface area contributed by atoms with Crippen molar-refractivity contribution >= 4 is 31.7 Å². The van der Waals surface area contributed by atoms with Crippen LogP contribution >= 0.6 is 7.60 Å². The molecule has 0 radical (unpaired) electrons. The van der Waals surface area contributed by atoms with Crippen LogP contribution < -0.4 is 16.0 Å². The number of nitrogens with one attached hydrogen (secondary N) is 3. The first-order valence-corrected chi connectivity index (χ1v) is 14.5. The number of carbonyl (C=O) groups is 4. The van der Waals surface area contributed by atoms with Crippen LogP contribution in [0.1, 0.15) is 66.9 Å². The maximum absolute atomic E-state index is 12.8.